The highest BCUT2D eigenvalue weighted by Gasteiger charge is 2.31. The highest BCUT2D eigenvalue weighted by molar-refractivity contribution is 7.90. The summed E-state index contributed by atoms with van der Waals surface area (Å²) in [6, 6.07) is 9.28. The minimum Gasteiger partial charge on any atom is -0.349 e. The van der Waals surface area contributed by atoms with Crippen LogP contribution in [0.5, 0.6) is 0 Å². The molecular weight excluding hydrogens is 418 g/mol. The van der Waals surface area contributed by atoms with Gasteiger partial charge < -0.3 is 15.5 Å². The van der Waals surface area contributed by atoms with Gasteiger partial charge in [0.05, 0.1) is 17.9 Å². The van der Waals surface area contributed by atoms with Crippen molar-refractivity contribution in [2.75, 3.05) is 37.2 Å². The molecule has 3 aliphatic rings. The van der Waals surface area contributed by atoms with E-state index in [-0.39, 0.29) is 41.6 Å². The number of allylic oxidation sites excluding steroid dienone is 2. The molecule has 31 heavy (non-hydrogen) atoms. The molecule has 1 saturated heterocycles. The van der Waals surface area contributed by atoms with Crippen molar-refractivity contribution in [1.82, 2.24) is 15.1 Å². The van der Waals surface area contributed by atoms with Gasteiger partial charge in [0, 0.05) is 37.6 Å². The quantitative estimate of drug-likeness (QED) is 0.693. The topological polar surface area (TPSA) is 111 Å². The van der Waals surface area contributed by atoms with Gasteiger partial charge in [0.15, 0.2) is 5.84 Å². The fourth-order valence-corrected chi connectivity index (χ4v) is 4.80. The van der Waals surface area contributed by atoms with E-state index in [1.807, 2.05) is 30.3 Å². The van der Waals surface area contributed by atoms with Gasteiger partial charge >= 0.3 is 0 Å². The maximum absolute atomic E-state index is 12.8. The normalized spacial score (nSPS) is 21.0. The monoisotopic (exact) mass is 443 g/mol. The molecule has 0 aromatic heterocycles. The molecule has 0 atom stereocenters. The first-order chi connectivity index (χ1) is 14.9. The summed E-state index contributed by atoms with van der Waals surface area (Å²) in [6.07, 6.45) is 6.46. The Labute approximate surface area is 181 Å². The summed E-state index contributed by atoms with van der Waals surface area (Å²) >= 11 is 0. The number of amides is 2. The van der Waals surface area contributed by atoms with Crippen LogP contribution < -0.4 is 10.6 Å². The fourth-order valence-electron chi connectivity index (χ4n) is 3.82. The van der Waals surface area contributed by atoms with Crippen LogP contribution in [0.2, 0.25) is 0 Å². The second-order valence-electron chi connectivity index (χ2n) is 7.75. The van der Waals surface area contributed by atoms with Crippen molar-refractivity contribution in [3.63, 3.8) is 0 Å². The first-order valence-corrected chi connectivity index (χ1v) is 11.9. The van der Waals surface area contributed by atoms with Crippen LogP contribution in [0.15, 0.2) is 58.7 Å². The van der Waals surface area contributed by atoms with Gasteiger partial charge in [-0.05, 0) is 37.1 Å². The predicted octanol–water partition coefficient (Wildman–Crippen LogP) is 0.703. The van der Waals surface area contributed by atoms with Gasteiger partial charge in [0.1, 0.15) is 0 Å². The van der Waals surface area contributed by atoms with Gasteiger partial charge in [-0.1, -0.05) is 18.2 Å². The Morgan fingerprint density at radius 3 is 2.58 bits per heavy atom. The number of benzene rings is 1. The average molecular weight is 444 g/mol. The van der Waals surface area contributed by atoms with Crippen molar-refractivity contribution in [2.45, 2.75) is 18.9 Å². The number of hydrogen-bond acceptors (Lipinski definition) is 6. The summed E-state index contributed by atoms with van der Waals surface area (Å²) in [5.74, 6) is -0.275. The first kappa shape index (κ1) is 21.3. The zero-order valence-electron chi connectivity index (χ0n) is 17.0. The molecule has 0 spiro atoms. The largest absolute Gasteiger partial charge is 0.349 e. The Bertz CT molecular complexity index is 1040. The summed E-state index contributed by atoms with van der Waals surface area (Å²) in [6.45, 7) is 1.96. The average Bonchev–Trinajstić information content (AvgIpc) is 2.74. The Kier molecular flexibility index (Phi) is 6.19. The van der Waals surface area contributed by atoms with Crippen LogP contribution in [0.3, 0.4) is 0 Å². The smallest absolute Gasteiger partial charge is 0.256 e. The number of amidine groups is 1. The number of likely N-dealkylation sites (tertiary alicyclic amines) is 1. The van der Waals surface area contributed by atoms with Crippen molar-refractivity contribution in [1.29, 1.82) is 0 Å². The number of piperidine rings is 1. The predicted molar refractivity (Wildman–Crippen MR) is 118 cm³/mol. The highest BCUT2D eigenvalue weighted by atomic mass is 32.2. The van der Waals surface area contributed by atoms with E-state index in [9.17, 15) is 18.0 Å². The Balaban J connectivity index is 1.28. The van der Waals surface area contributed by atoms with Gasteiger partial charge in [-0.3, -0.25) is 14.5 Å². The van der Waals surface area contributed by atoms with Crippen LogP contribution in [-0.4, -0.2) is 73.8 Å². The Morgan fingerprint density at radius 1 is 1.10 bits per heavy atom. The SMILES string of the molecule is O=C(CN1CCC(NC(=O)C2=CC=CN3CCS(=O)(=O)N=C23)CC1)Nc1ccccc1. The number of sulfonamides is 1. The van der Waals surface area contributed by atoms with Gasteiger partial charge in [-0.2, -0.15) is 0 Å². The minimum atomic E-state index is -3.55. The number of hydrogen-bond donors (Lipinski definition) is 2. The Hall–Kier alpha value is -2.98. The number of carbonyl (C=O) groups excluding carboxylic acids is 2. The zero-order valence-corrected chi connectivity index (χ0v) is 17.8. The van der Waals surface area contributed by atoms with Gasteiger partial charge in [-0.25, -0.2) is 8.42 Å². The number of nitrogens with zero attached hydrogens (tertiary/aromatic N) is 3. The van der Waals surface area contributed by atoms with Crippen LogP contribution in [0.25, 0.3) is 0 Å². The molecule has 4 rings (SSSR count). The second-order valence-corrected chi connectivity index (χ2v) is 9.51. The minimum absolute atomic E-state index is 0.0398. The number of nitrogens with one attached hydrogen (secondary N) is 2. The maximum atomic E-state index is 12.8. The Morgan fingerprint density at radius 2 is 1.84 bits per heavy atom. The van der Waals surface area contributed by atoms with Crippen molar-refractivity contribution in [2.24, 2.45) is 4.40 Å². The summed E-state index contributed by atoms with van der Waals surface area (Å²) in [5.41, 5.74) is 1.03. The van der Waals surface area contributed by atoms with Crippen LogP contribution in [-0.2, 0) is 19.6 Å². The zero-order chi connectivity index (χ0) is 21.8. The summed E-state index contributed by atoms with van der Waals surface area (Å²) in [5, 5.41) is 5.87. The number of carbonyl (C=O) groups is 2. The molecule has 0 bridgehead atoms. The molecule has 2 amide bonds. The molecule has 10 heteroatoms. The first-order valence-electron chi connectivity index (χ1n) is 10.3. The van der Waals surface area contributed by atoms with E-state index in [1.165, 1.54) is 0 Å². The number of para-hydroxylation sites is 1. The van der Waals surface area contributed by atoms with Crippen LogP contribution >= 0.6 is 0 Å². The molecule has 164 valence electrons. The van der Waals surface area contributed by atoms with Crippen LogP contribution in [0, 0.1) is 0 Å². The molecule has 1 fully saturated rings. The van der Waals surface area contributed by atoms with E-state index < -0.39 is 10.0 Å². The molecule has 3 heterocycles. The number of fused-ring (bicyclic) bond motifs is 1. The van der Waals surface area contributed by atoms with Gasteiger partial charge in [0.2, 0.25) is 5.91 Å². The van der Waals surface area contributed by atoms with E-state index in [0.29, 0.717) is 32.5 Å². The van der Waals surface area contributed by atoms with Crippen molar-refractivity contribution >= 4 is 33.4 Å². The maximum Gasteiger partial charge on any atom is 0.256 e. The lowest BCUT2D eigenvalue weighted by Gasteiger charge is -2.33. The lowest BCUT2D eigenvalue weighted by molar-refractivity contribution is -0.119. The fraction of sp³-hybridized carbons (Fsp3) is 0.381. The van der Waals surface area contributed by atoms with Crippen LogP contribution in [0.1, 0.15) is 12.8 Å². The third-order valence-electron chi connectivity index (χ3n) is 5.45. The molecular formula is C21H25N5O4S. The molecule has 1 aromatic carbocycles. The van der Waals surface area contributed by atoms with Crippen molar-refractivity contribution < 1.29 is 18.0 Å². The summed E-state index contributed by atoms with van der Waals surface area (Å²) in [7, 11) is -3.55. The van der Waals surface area contributed by atoms with Crippen molar-refractivity contribution in [3.05, 3.63) is 54.3 Å². The van der Waals surface area contributed by atoms with E-state index in [0.717, 1.165) is 5.69 Å². The van der Waals surface area contributed by atoms with Gasteiger partial charge in [0.25, 0.3) is 15.9 Å². The van der Waals surface area contributed by atoms with Crippen LogP contribution in [0.4, 0.5) is 5.69 Å². The molecule has 0 saturated carbocycles. The molecule has 9 nitrogen and oxygen atoms in total. The standard InChI is InChI=1S/C21H25N5O4S/c27-19(22-16-5-2-1-3-6-16)15-25-11-8-17(9-12-25)23-21(28)18-7-4-10-26-13-14-31(29,30)24-20(18)26/h1-7,10,17H,8-9,11-15H2,(H,22,27)(H,23,28). The number of rotatable bonds is 5. The molecule has 1 aromatic rings. The third-order valence-corrected chi connectivity index (χ3v) is 6.60. The third kappa shape index (κ3) is 5.39. The van der Waals surface area contributed by atoms with Crippen molar-refractivity contribution in [3.8, 4) is 0 Å². The number of anilines is 1. The summed E-state index contributed by atoms with van der Waals surface area (Å²) in [4.78, 5) is 28.8. The lowest BCUT2D eigenvalue weighted by Crippen LogP contribution is -2.48. The van der Waals surface area contributed by atoms with E-state index in [4.69, 9.17) is 0 Å². The molecule has 2 N–H and O–H groups in total. The molecule has 0 aliphatic carbocycles. The highest BCUT2D eigenvalue weighted by Crippen LogP contribution is 2.19. The van der Waals surface area contributed by atoms with E-state index in [1.54, 1.807) is 23.3 Å². The van der Waals surface area contributed by atoms with E-state index in [2.05, 4.69) is 19.9 Å². The van der Waals surface area contributed by atoms with Gasteiger partial charge in [-0.15, -0.1) is 4.40 Å². The molecule has 0 unspecified atom stereocenters. The summed E-state index contributed by atoms with van der Waals surface area (Å²) < 4.78 is 27.5. The van der Waals surface area contributed by atoms with E-state index >= 15 is 0 Å². The molecule has 0 radical (unpaired) electrons. The molecule has 3 aliphatic heterocycles. The lowest BCUT2D eigenvalue weighted by atomic mass is 10.0. The second kappa shape index (κ2) is 9.03.